The Morgan fingerprint density at radius 2 is 2.00 bits per heavy atom. The Hall–Kier alpha value is -2.66. The van der Waals surface area contributed by atoms with Crippen LogP contribution in [0.15, 0.2) is 41.6 Å². The zero-order valence-electron chi connectivity index (χ0n) is 16.6. The molecule has 1 aromatic carbocycles. The van der Waals surface area contributed by atoms with Crippen molar-refractivity contribution in [3.8, 4) is 17.3 Å². The Morgan fingerprint density at radius 1 is 1.21 bits per heavy atom. The molecule has 1 aliphatic rings. The summed E-state index contributed by atoms with van der Waals surface area (Å²) in [4.78, 5) is 4.42. The van der Waals surface area contributed by atoms with Gasteiger partial charge in [-0.2, -0.15) is 5.26 Å². The number of hydrogen-bond acceptors (Lipinski definition) is 9. The average molecular weight is 496 g/mol. The van der Waals surface area contributed by atoms with Crippen molar-refractivity contribution in [3.05, 3.63) is 59.0 Å². The van der Waals surface area contributed by atoms with Gasteiger partial charge in [-0.15, -0.1) is 5.10 Å². The lowest BCUT2D eigenvalue weighted by molar-refractivity contribution is -0.178. The summed E-state index contributed by atoms with van der Waals surface area (Å²) < 4.78 is 33.7. The van der Waals surface area contributed by atoms with Crippen molar-refractivity contribution in [2.75, 3.05) is 6.61 Å². The largest absolute Gasteiger partial charge is 0.394 e. The predicted molar refractivity (Wildman–Crippen MR) is 112 cm³/mol. The lowest BCUT2D eigenvalue weighted by Gasteiger charge is -2.41. The number of thioether (sulfide) groups is 1. The summed E-state index contributed by atoms with van der Waals surface area (Å²) >= 11 is 7.04. The molecule has 3 heterocycles. The van der Waals surface area contributed by atoms with E-state index in [1.807, 2.05) is 6.07 Å². The van der Waals surface area contributed by atoms with Crippen LogP contribution in [-0.2, 0) is 4.74 Å². The number of aromatic nitrogens is 4. The molecule has 0 bridgehead atoms. The number of ether oxygens (including phenoxy) is 1. The molecule has 0 spiro atoms. The molecule has 0 aliphatic carbocycles. The number of nitriles is 1. The first kappa shape index (κ1) is 23.5. The third kappa shape index (κ3) is 4.70. The summed E-state index contributed by atoms with van der Waals surface area (Å²) in [6, 6.07) is 5.48. The number of rotatable bonds is 5. The van der Waals surface area contributed by atoms with E-state index in [0.717, 1.165) is 23.9 Å². The molecule has 1 aliphatic heterocycles. The minimum Gasteiger partial charge on any atom is -0.394 e. The van der Waals surface area contributed by atoms with Crippen LogP contribution < -0.4 is 0 Å². The highest BCUT2D eigenvalue weighted by Gasteiger charge is 2.46. The molecule has 3 N–H and O–H groups in total. The Balaban J connectivity index is 1.62. The molecular formula is C20H16ClF2N5O4S. The number of halogens is 3. The minimum atomic E-state index is -1.36. The fraction of sp³-hybridized carbons (Fsp3) is 0.300. The normalized spacial score (nSPS) is 25.1. The van der Waals surface area contributed by atoms with Crippen molar-refractivity contribution in [2.45, 2.75) is 34.7 Å². The molecule has 5 atom stereocenters. The van der Waals surface area contributed by atoms with Gasteiger partial charge >= 0.3 is 0 Å². The molecule has 13 heteroatoms. The number of benzene rings is 1. The molecule has 3 aromatic rings. The highest BCUT2D eigenvalue weighted by atomic mass is 35.5. The second-order valence-corrected chi connectivity index (χ2v) is 8.72. The van der Waals surface area contributed by atoms with Crippen molar-refractivity contribution < 1.29 is 28.8 Å². The van der Waals surface area contributed by atoms with E-state index in [1.54, 1.807) is 0 Å². The van der Waals surface area contributed by atoms with Crippen LogP contribution in [0.3, 0.4) is 0 Å². The second kappa shape index (κ2) is 9.68. The fourth-order valence-corrected chi connectivity index (χ4v) is 4.73. The number of hydrogen-bond donors (Lipinski definition) is 3. The van der Waals surface area contributed by atoms with Gasteiger partial charge in [0.25, 0.3) is 0 Å². The van der Waals surface area contributed by atoms with Crippen molar-refractivity contribution in [2.24, 2.45) is 0 Å². The van der Waals surface area contributed by atoms with Crippen LogP contribution in [0.2, 0.25) is 5.02 Å². The van der Waals surface area contributed by atoms with Gasteiger partial charge in [0.2, 0.25) is 0 Å². The Bertz CT molecular complexity index is 1210. The lowest BCUT2D eigenvalue weighted by Crippen LogP contribution is -2.55. The van der Waals surface area contributed by atoms with Crippen molar-refractivity contribution in [1.82, 2.24) is 20.0 Å². The zero-order valence-corrected chi connectivity index (χ0v) is 18.2. The zero-order chi connectivity index (χ0) is 23.7. The Labute approximate surface area is 195 Å². The van der Waals surface area contributed by atoms with E-state index in [1.165, 1.54) is 29.2 Å². The third-order valence-corrected chi connectivity index (χ3v) is 6.46. The van der Waals surface area contributed by atoms with Gasteiger partial charge in [-0.05, 0) is 24.3 Å². The van der Waals surface area contributed by atoms with Gasteiger partial charge in [-0.25, -0.2) is 18.4 Å². The SMILES string of the molecule is N#Cc1ncc(S[C@H]2O[C@H](CO)[C@H](O)[C@H](n3cc(-c4ccc(F)c(F)c4)nn3)[C@H]2O)cc1Cl. The van der Waals surface area contributed by atoms with E-state index in [4.69, 9.17) is 21.6 Å². The molecular weight excluding hydrogens is 480 g/mol. The van der Waals surface area contributed by atoms with Crippen LogP contribution in [-0.4, -0.2) is 65.7 Å². The Morgan fingerprint density at radius 3 is 2.67 bits per heavy atom. The van der Waals surface area contributed by atoms with Gasteiger partial charge in [-0.3, -0.25) is 0 Å². The number of nitrogens with zero attached hydrogens (tertiary/aromatic N) is 5. The maximum atomic E-state index is 13.6. The van der Waals surface area contributed by atoms with Crippen LogP contribution in [0.5, 0.6) is 0 Å². The quantitative estimate of drug-likeness (QED) is 0.484. The van der Waals surface area contributed by atoms with Gasteiger partial charge < -0.3 is 20.1 Å². The summed E-state index contributed by atoms with van der Waals surface area (Å²) in [7, 11) is 0. The van der Waals surface area contributed by atoms with E-state index in [-0.39, 0.29) is 22.0 Å². The summed E-state index contributed by atoms with van der Waals surface area (Å²) in [6.07, 6.45) is -0.999. The molecule has 0 unspecified atom stereocenters. The first-order chi connectivity index (χ1) is 15.8. The molecule has 2 aromatic heterocycles. The molecule has 33 heavy (non-hydrogen) atoms. The van der Waals surface area contributed by atoms with Gasteiger partial charge in [0.15, 0.2) is 17.3 Å². The number of aliphatic hydroxyl groups excluding tert-OH is 3. The predicted octanol–water partition coefficient (Wildman–Crippen LogP) is 1.92. The van der Waals surface area contributed by atoms with Crippen molar-refractivity contribution >= 4 is 23.4 Å². The van der Waals surface area contributed by atoms with Crippen LogP contribution >= 0.6 is 23.4 Å². The van der Waals surface area contributed by atoms with E-state index in [0.29, 0.717) is 4.90 Å². The van der Waals surface area contributed by atoms with E-state index < -0.39 is 48.0 Å². The highest BCUT2D eigenvalue weighted by molar-refractivity contribution is 7.99. The van der Waals surface area contributed by atoms with E-state index in [9.17, 15) is 24.1 Å². The van der Waals surface area contributed by atoms with Crippen LogP contribution in [0.4, 0.5) is 8.78 Å². The fourth-order valence-electron chi connectivity index (χ4n) is 3.39. The lowest BCUT2D eigenvalue weighted by atomic mass is 9.97. The number of aliphatic hydroxyl groups is 3. The summed E-state index contributed by atoms with van der Waals surface area (Å²) in [5.74, 6) is -2.07. The molecule has 0 amide bonds. The standard InChI is InChI=1S/C20H16ClF2N5O4S/c21-11-4-10(6-25-14(11)5-24)33-20-19(31)17(18(30)16(8-29)32-20)28-7-15(26-27-28)9-1-2-12(22)13(23)3-9/h1-4,6-7,16-20,29-31H,8H2/t16-,17+,18+,19-,20-/m1/s1. The van der Waals surface area contributed by atoms with Crippen molar-refractivity contribution in [1.29, 1.82) is 5.26 Å². The van der Waals surface area contributed by atoms with Gasteiger partial charge in [0, 0.05) is 16.7 Å². The molecule has 0 radical (unpaired) electrons. The van der Waals surface area contributed by atoms with E-state index >= 15 is 0 Å². The van der Waals surface area contributed by atoms with Crippen LogP contribution in [0.1, 0.15) is 11.7 Å². The molecule has 1 fully saturated rings. The maximum Gasteiger partial charge on any atom is 0.159 e. The summed E-state index contributed by atoms with van der Waals surface area (Å²) in [6.45, 7) is -0.543. The summed E-state index contributed by atoms with van der Waals surface area (Å²) in [5, 5.41) is 48.3. The Kier molecular flexibility index (Phi) is 6.89. The van der Waals surface area contributed by atoms with Gasteiger partial charge in [0.1, 0.15) is 41.6 Å². The number of pyridine rings is 1. The molecule has 4 rings (SSSR count). The summed E-state index contributed by atoms with van der Waals surface area (Å²) in [5.41, 5.74) is -0.496. The van der Waals surface area contributed by atoms with Gasteiger partial charge in [-0.1, -0.05) is 28.6 Å². The first-order valence-corrected chi connectivity index (χ1v) is 10.8. The monoisotopic (exact) mass is 495 g/mol. The third-order valence-electron chi connectivity index (χ3n) is 5.05. The first-order valence-electron chi connectivity index (χ1n) is 9.54. The average Bonchev–Trinajstić information content (AvgIpc) is 3.27. The van der Waals surface area contributed by atoms with Gasteiger partial charge in [0.05, 0.1) is 17.8 Å². The minimum absolute atomic E-state index is 0.0417. The molecule has 9 nitrogen and oxygen atoms in total. The van der Waals surface area contributed by atoms with Crippen LogP contribution in [0, 0.1) is 23.0 Å². The maximum absolute atomic E-state index is 13.6. The molecule has 172 valence electrons. The second-order valence-electron chi connectivity index (χ2n) is 7.14. The van der Waals surface area contributed by atoms with Crippen LogP contribution in [0.25, 0.3) is 11.3 Å². The van der Waals surface area contributed by atoms with Crippen molar-refractivity contribution in [3.63, 3.8) is 0 Å². The topological polar surface area (TPSA) is 137 Å². The molecule has 0 saturated carbocycles. The highest BCUT2D eigenvalue weighted by Crippen LogP contribution is 2.38. The smallest absolute Gasteiger partial charge is 0.159 e. The van der Waals surface area contributed by atoms with E-state index in [2.05, 4.69) is 15.3 Å². The molecule has 1 saturated heterocycles.